The predicted molar refractivity (Wildman–Crippen MR) is 115 cm³/mol. The minimum atomic E-state index is -0.523. The normalized spacial score (nSPS) is 15.5. The molecule has 1 aromatic rings. The van der Waals surface area contributed by atoms with Crippen LogP contribution in [-0.4, -0.2) is 76.7 Å². The molecule has 30 heavy (non-hydrogen) atoms. The van der Waals surface area contributed by atoms with Crippen LogP contribution < -0.4 is 15.8 Å². The molecule has 1 atom stereocenters. The van der Waals surface area contributed by atoms with Crippen LogP contribution in [0, 0.1) is 12.8 Å². The van der Waals surface area contributed by atoms with Crippen molar-refractivity contribution in [1.82, 2.24) is 25.4 Å². The molecule has 0 aliphatic carbocycles. The van der Waals surface area contributed by atoms with Gasteiger partial charge in [0.2, 0.25) is 18.3 Å². The Morgan fingerprint density at radius 1 is 1.27 bits per heavy atom. The van der Waals surface area contributed by atoms with E-state index in [1.807, 2.05) is 13.0 Å². The van der Waals surface area contributed by atoms with Gasteiger partial charge in [-0.3, -0.25) is 25.6 Å². The monoisotopic (exact) mass is 421 g/mol. The number of hydroxylamine groups is 2. The lowest BCUT2D eigenvalue weighted by atomic mass is 10.0. The molecule has 10 heteroatoms. The SMILES string of the molecule is CCCCC[C@H](CN(O)C=O)C(=O)NNc1nc(C)cc(N2CCN(CC)CC2)n1. The van der Waals surface area contributed by atoms with Gasteiger partial charge in [0.15, 0.2) is 0 Å². The van der Waals surface area contributed by atoms with E-state index in [1.165, 1.54) is 0 Å². The number of nitrogens with one attached hydrogen (secondary N) is 2. The number of likely N-dealkylation sites (N-methyl/N-ethyl adjacent to an activating group) is 1. The lowest BCUT2D eigenvalue weighted by Crippen LogP contribution is -2.46. The van der Waals surface area contributed by atoms with E-state index in [-0.39, 0.29) is 12.5 Å². The predicted octanol–water partition coefficient (Wildman–Crippen LogP) is 1.41. The molecule has 0 saturated carbocycles. The summed E-state index contributed by atoms with van der Waals surface area (Å²) in [5.41, 5.74) is 6.24. The number of anilines is 2. The molecule has 0 aromatic carbocycles. The number of nitrogens with zero attached hydrogens (tertiary/aromatic N) is 5. The Kier molecular flexibility index (Phi) is 9.75. The Morgan fingerprint density at radius 3 is 2.63 bits per heavy atom. The van der Waals surface area contributed by atoms with Crippen molar-refractivity contribution in [2.45, 2.75) is 46.5 Å². The summed E-state index contributed by atoms with van der Waals surface area (Å²) < 4.78 is 0. The Hall–Kier alpha value is -2.46. The quantitative estimate of drug-likeness (QED) is 0.201. The third kappa shape index (κ3) is 7.42. The van der Waals surface area contributed by atoms with Crippen molar-refractivity contribution in [3.8, 4) is 0 Å². The minimum absolute atomic E-state index is 0.0532. The maximum absolute atomic E-state index is 12.6. The first-order valence-corrected chi connectivity index (χ1v) is 10.8. The van der Waals surface area contributed by atoms with E-state index >= 15 is 0 Å². The molecule has 1 aliphatic heterocycles. The van der Waals surface area contributed by atoms with Crippen LogP contribution in [0.25, 0.3) is 0 Å². The van der Waals surface area contributed by atoms with Gasteiger partial charge in [-0.05, 0) is 19.9 Å². The van der Waals surface area contributed by atoms with Gasteiger partial charge in [0.05, 0.1) is 12.5 Å². The summed E-state index contributed by atoms with van der Waals surface area (Å²) in [6, 6.07) is 1.94. The average Bonchev–Trinajstić information content (AvgIpc) is 2.76. The van der Waals surface area contributed by atoms with Crippen molar-refractivity contribution in [1.29, 1.82) is 0 Å². The number of amides is 2. The number of hydrogen-bond donors (Lipinski definition) is 3. The molecule has 1 saturated heterocycles. The number of piperazine rings is 1. The number of carbonyl (C=O) groups is 2. The lowest BCUT2D eigenvalue weighted by Gasteiger charge is -2.34. The number of unbranched alkanes of at least 4 members (excludes halogenated alkanes) is 2. The Morgan fingerprint density at radius 2 is 2.00 bits per heavy atom. The molecule has 1 aliphatic rings. The maximum atomic E-state index is 12.6. The molecule has 0 bridgehead atoms. The van der Waals surface area contributed by atoms with Gasteiger partial charge in [-0.1, -0.05) is 33.1 Å². The fraction of sp³-hybridized carbons (Fsp3) is 0.700. The van der Waals surface area contributed by atoms with Crippen molar-refractivity contribution in [3.63, 3.8) is 0 Å². The second-order valence-corrected chi connectivity index (χ2v) is 7.65. The van der Waals surface area contributed by atoms with Crippen molar-refractivity contribution in [2.24, 2.45) is 5.92 Å². The van der Waals surface area contributed by atoms with Crippen LogP contribution in [0.5, 0.6) is 0 Å². The highest BCUT2D eigenvalue weighted by atomic mass is 16.5. The highest BCUT2D eigenvalue weighted by Gasteiger charge is 2.21. The Bertz CT molecular complexity index is 680. The lowest BCUT2D eigenvalue weighted by molar-refractivity contribution is -0.154. The molecule has 168 valence electrons. The van der Waals surface area contributed by atoms with Gasteiger partial charge < -0.3 is 9.80 Å². The van der Waals surface area contributed by atoms with Crippen LogP contribution in [0.4, 0.5) is 11.8 Å². The summed E-state index contributed by atoms with van der Waals surface area (Å²) in [7, 11) is 0. The number of rotatable bonds is 12. The van der Waals surface area contributed by atoms with E-state index < -0.39 is 5.92 Å². The molecule has 2 heterocycles. The van der Waals surface area contributed by atoms with E-state index in [1.54, 1.807) is 0 Å². The highest BCUT2D eigenvalue weighted by molar-refractivity contribution is 5.80. The van der Waals surface area contributed by atoms with Crippen LogP contribution in [-0.2, 0) is 9.59 Å². The van der Waals surface area contributed by atoms with Gasteiger partial charge >= 0.3 is 0 Å². The first-order chi connectivity index (χ1) is 14.5. The zero-order valence-electron chi connectivity index (χ0n) is 18.3. The molecule has 1 fully saturated rings. The van der Waals surface area contributed by atoms with Crippen LogP contribution in [0.15, 0.2) is 6.07 Å². The zero-order chi connectivity index (χ0) is 21.9. The molecule has 0 unspecified atom stereocenters. The first-order valence-electron chi connectivity index (χ1n) is 10.8. The van der Waals surface area contributed by atoms with Crippen molar-refractivity contribution >= 4 is 24.1 Å². The molecule has 2 rings (SSSR count). The number of hydrogen-bond acceptors (Lipinski definition) is 8. The van der Waals surface area contributed by atoms with E-state index in [0.29, 0.717) is 23.8 Å². The molecule has 10 nitrogen and oxygen atoms in total. The second kappa shape index (κ2) is 12.3. The Balaban J connectivity index is 1.98. The van der Waals surface area contributed by atoms with Crippen LogP contribution in [0.1, 0.15) is 45.2 Å². The number of carbonyl (C=O) groups excluding carboxylic acids is 2. The molecule has 0 radical (unpaired) electrons. The van der Waals surface area contributed by atoms with Gasteiger partial charge in [0.25, 0.3) is 0 Å². The highest BCUT2D eigenvalue weighted by Crippen LogP contribution is 2.17. The average molecular weight is 422 g/mol. The molecule has 3 N–H and O–H groups in total. The van der Waals surface area contributed by atoms with Crippen molar-refractivity contribution in [3.05, 3.63) is 11.8 Å². The third-order valence-electron chi connectivity index (χ3n) is 5.34. The van der Waals surface area contributed by atoms with Crippen molar-refractivity contribution < 1.29 is 14.8 Å². The van der Waals surface area contributed by atoms with Crippen molar-refractivity contribution in [2.75, 3.05) is 49.6 Å². The van der Waals surface area contributed by atoms with Crippen LogP contribution in [0.2, 0.25) is 0 Å². The van der Waals surface area contributed by atoms with Crippen LogP contribution in [0.3, 0.4) is 0 Å². The largest absolute Gasteiger partial charge is 0.354 e. The third-order valence-corrected chi connectivity index (χ3v) is 5.34. The van der Waals surface area contributed by atoms with Crippen LogP contribution >= 0.6 is 0 Å². The zero-order valence-corrected chi connectivity index (χ0v) is 18.3. The number of hydrazine groups is 1. The minimum Gasteiger partial charge on any atom is -0.354 e. The summed E-state index contributed by atoms with van der Waals surface area (Å²) in [6.45, 7) is 10.9. The molecule has 0 spiro atoms. The van der Waals surface area contributed by atoms with E-state index in [9.17, 15) is 14.8 Å². The first kappa shape index (κ1) is 23.8. The number of aromatic nitrogens is 2. The summed E-state index contributed by atoms with van der Waals surface area (Å²) >= 11 is 0. The summed E-state index contributed by atoms with van der Waals surface area (Å²) in [4.78, 5) is 36.9. The van der Waals surface area contributed by atoms with E-state index in [0.717, 1.165) is 63.5 Å². The summed E-state index contributed by atoms with van der Waals surface area (Å²) in [5.74, 6) is 0.317. The number of aryl methyl sites for hydroxylation is 1. The summed E-state index contributed by atoms with van der Waals surface area (Å²) in [5, 5.41) is 10.0. The van der Waals surface area contributed by atoms with Gasteiger partial charge in [-0.25, -0.2) is 10.0 Å². The fourth-order valence-corrected chi connectivity index (χ4v) is 3.50. The molecular weight excluding hydrogens is 386 g/mol. The molecular formula is C20H35N7O3. The standard InChI is InChI=1S/C20H35N7O3/c1-4-6-7-8-17(14-27(30)15-28)19(29)23-24-20-21-16(3)13-18(22-20)26-11-9-25(5-2)10-12-26/h13,15,17,30H,4-12,14H2,1-3H3,(H,23,29)(H,21,22,24)/t17-/m1/s1. The topological polar surface area (TPSA) is 114 Å². The fourth-order valence-electron chi connectivity index (χ4n) is 3.50. The van der Waals surface area contributed by atoms with Gasteiger partial charge in [0.1, 0.15) is 5.82 Å². The molecule has 1 aromatic heterocycles. The molecule has 2 amide bonds. The maximum Gasteiger partial charge on any atom is 0.243 e. The van der Waals surface area contributed by atoms with E-state index in [2.05, 4.69) is 44.5 Å². The van der Waals surface area contributed by atoms with E-state index in [4.69, 9.17) is 0 Å². The summed E-state index contributed by atoms with van der Waals surface area (Å²) in [6.07, 6.45) is 3.74. The smallest absolute Gasteiger partial charge is 0.243 e. The Labute approximate surface area is 178 Å². The van der Waals surface area contributed by atoms with Gasteiger partial charge in [-0.15, -0.1) is 0 Å². The van der Waals surface area contributed by atoms with Gasteiger partial charge in [-0.2, -0.15) is 4.98 Å². The second-order valence-electron chi connectivity index (χ2n) is 7.65. The van der Waals surface area contributed by atoms with Gasteiger partial charge in [0, 0.05) is 37.9 Å².